The highest BCUT2D eigenvalue weighted by atomic mass is 16.7. The van der Waals surface area contributed by atoms with E-state index in [0.29, 0.717) is 11.8 Å². The molecule has 2 aromatic heterocycles. The van der Waals surface area contributed by atoms with Crippen LogP contribution in [0.25, 0.3) is 54.7 Å². The van der Waals surface area contributed by atoms with Crippen LogP contribution >= 0.6 is 0 Å². The van der Waals surface area contributed by atoms with Crippen LogP contribution < -0.4 is 20.4 Å². The molecule has 8 nitrogen and oxygen atoms in total. The molecule has 2 saturated heterocycles. The summed E-state index contributed by atoms with van der Waals surface area (Å²) in [6.07, 6.45) is 9.75. The Kier molecular flexibility index (Phi) is 14.3. The summed E-state index contributed by atoms with van der Waals surface area (Å²) < 4.78 is 44.3. The smallest absolute Gasteiger partial charge is 0.494 e. The molecule has 2 unspecified atom stereocenters. The van der Waals surface area contributed by atoms with E-state index in [0.717, 1.165) is 82.4 Å². The van der Waals surface area contributed by atoms with Crippen molar-refractivity contribution in [2.75, 3.05) is 14.2 Å². The minimum Gasteiger partial charge on any atom is -0.496 e. The van der Waals surface area contributed by atoms with Gasteiger partial charge in [0.1, 0.15) is 11.5 Å². The molecule has 4 heterocycles. The fourth-order valence-corrected chi connectivity index (χ4v) is 10.5. The maximum Gasteiger partial charge on any atom is 0.494 e. The third-order valence-corrected chi connectivity index (χ3v) is 16.4. The van der Waals surface area contributed by atoms with Gasteiger partial charge in [0.2, 0.25) is 0 Å². The number of aryl methyl sites for hydroxylation is 2. The van der Waals surface area contributed by atoms with Gasteiger partial charge in [-0.1, -0.05) is 104 Å². The van der Waals surface area contributed by atoms with Gasteiger partial charge >= 0.3 is 14.2 Å². The summed E-state index contributed by atoms with van der Waals surface area (Å²) in [6, 6.07) is 22.7. The Balaban J connectivity index is 1.28. The highest BCUT2D eigenvalue weighted by molar-refractivity contribution is 6.63. The van der Waals surface area contributed by atoms with Crippen molar-refractivity contribution in [3.8, 4) is 22.6 Å². The average Bonchev–Trinajstić information content (AvgIpc) is 3.90. The van der Waals surface area contributed by atoms with Gasteiger partial charge in [0.05, 0.1) is 47.7 Å². The first-order valence-corrected chi connectivity index (χ1v) is 26.0. The highest BCUT2D eigenvalue weighted by Crippen LogP contribution is 2.46. The van der Waals surface area contributed by atoms with Crippen LogP contribution in [0.4, 0.5) is 0 Å². The van der Waals surface area contributed by atoms with Crippen LogP contribution in [0.3, 0.4) is 0 Å². The molecular weight excluding hydrogens is 842 g/mol. The zero-order valence-electron chi connectivity index (χ0n) is 44.7. The number of hydrogen-bond acceptors (Lipinski definition) is 6. The number of rotatable bonds is 19. The summed E-state index contributed by atoms with van der Waals surface area (Å²) in [7, 11) is 2.65. The molecule has 2 aliphatic rings. The molecule has 6 aromatic rings. The van der Waals surface area contributed by atoms with Crippen LogP contribution in [0.2, 0.25) is 0 Å². The van der Waals surface area contributed by atoms with Gasteiger partial charge in [-0.3, -0.25) is 0 Å². The Morgan fingerprint density at radius 2 is 0.779 bits per heavy atom. The maximum absolute atomic E-state index is 6.62. The van der Waals surface area contributed by atoms with E-state index in [9.17, 15) is 0 Å². The van der Waals surface area contributed by atoms with Crippen LogP contribution in [0.5, 0.6) is 11.5 Å². The first-order chi connectivity index (χ1) is 32.0. The molecule has 2 fully saturated rings. The van der Waals surface area contributed by atoms with Crippen LogP contribution in [-0.2, 0) is 31.7 Å². The monoisotopic (exact) mass is 925 g/mol. The second-order valence-corrected chi connectivity index (χ2v) is 23.6. The van der Waals surface area contributed by atoms with Crippen molar-refractivity contribution >= 4 is 68.8 Å². The minimum absolute atomic E-state index is 0.442. The van der Waals surface area contributed by atoms with Gasteiger partial charge in [-0.15, -0.1) is 0 Å². The molecule has 0 spiro atoms. The second kappa shape index (κ2) is 19.3. The minimum atomic E-state index is -0.466. The van der Waals surface area contributed by atoms with Gasteiger partial charge in [-0.2, -0.15) is 0 Å². The Morgan fingerprint density at radius 3 is 1.10 bits per heavy atom. The van der Waals surface area contributed by atoms with Crippen molar-refractivity contribution < 1.29 is 28.1 Å². The van der Waals surface area contributed by atoms with Crippen LogP contribution in [0.15, 0.2) is 60.7 Å². The lowest BCUT2D eigenvalue weighted by Crippen LogP contribution is -2.41. The standard InChI is InChI=1S/C58H82B2N2O6/c1-37(2)19-17-21-39(5)27-29-61-49-25-23-41(59-65-55(7,8)56(9,10)66-59)31-43(49)45-33-47(53(63-15)35-51(45)61)48-34-46-44-32-42(60-67-57(11,12)58(13,14)68-60)24-26-50(44)62(52(46)36-54(48)64-16)30-28-40(6)22-18-20-38(3)4/h23-26,31-40H,17-22,27-30H2,1-16H3. The lowest BCUT2D eigenvalue weighted by atomic mass is 9.78. The third-order valence-electron chi connectivity index (χ3n) is 16.4. The van der Waals surface area contributed by atoms with Crippen LogP contribution in [-0.4, -0.2) is 60.0 Å². The van der Waals surface area contributed by atoms with E-state index in [-0.39, 0.29) is 0 Å². The summed E-state index contributed by atoms with van der Waals surface area (Å²) in [5.41, 5.74) is 6.97. The largest absolute Gasteiger partial charge is 0.496 e. The molecule has 0 radical (unpaired) electrons. The van der Waals surface area contributed by atoms with E-state index < -0.39 is 36.6 Å². The second-order valence-electron chi connectivity index (χ2n) is 23.6. The van der Waals surface area contributed by atoms with E-state index in [4.69, 9.17) is 28.1 Å². The number of fused-ring (bicyclic) bond motifs is 6. The molecular formula is C58H82B2N2O6. The molecule has 0 bridgehead atoms. The molecule has 2 aliphatic heterocycles. The van der Waals surface area contributed by atoms with Gasteiger partial charge in [0.15, 0.2) is 0 Å². The van der Waals surface area contributed by atoms with Gasteiger partial charge in [-0.25, -0.2) is 0 Å². The maximum atomic E-state index is 6.62. The van der Waals surface area contributed by atoms with E-state index in [1.54, 1.807) is 14.2 Å². The molecule has 8 rings (SSSR count). The number of hydrogen-bond donors (Lipinski definition) is 0. The summed E-state index contributed by atoms with van der Waals surface area (Å²) in [5, 5.41) is 4.69. The SMILES string of the molecule is COc1cc2c(cc1-c1cc3c4cc(B5OC(C)(C)C(C)(C)O5)ccc4n(CCC(C)CCCC(C)C)c3cc1OC)c1cc(B3OC(C)(C)C(C)(C)O3)ccc1n2CCC(C)CCCC(C)C. The number of nitrogens with zero attached hydrogens (tertiary/aromatic N) is 2. The molecule has 68 heavy (non-hydrogen) atoms. The summed E-state index contributed by atoms with van der Waals surface area (Å²) >= 11 is 0. The van der Waals surface area contributed by atoms with Crippen molar-refractivity contribution in [1.29, 1.82) is 0 Å². The zero-order chi connectivity index (χ0) is 49.1. The normalized spacial score (nSPS) is 18.6. The molecule has 10 heteroatoms. The lowest BCUT2D eigenvalue weighted by Gasteiger charge is -2.32. The van der Waals surface area contributed by atoms with E-state index in [1.165, 1.54) is 71.1 Å². The molecule has 0 aliphatic carbocycles. The van der Waals surface area contributed by atoms with E-state index in [1.807, 2.05) is 0 Å². The highest BCUT2D eigenvalue weighted by Gasteiger charge is 2.53. The summed E-state index contributed by atoms with van der Waals surface area (Å²) in [4.78, 5) is 0. The summed E-state index contributed by atoms with van der Waals surface area (Å²) in [6.45, 7) is 32.9. The Morgan fingerprint density at radius 1 is 0.441 bits per heavy atom. The summed E-state index contributed by atoms with van der Waals surface area (Å²) in [5.74, 6) is 4.31. The molecule has 4 aromatic carbocycles. The van der Waals surface area contributed by atoms with Gasteiger partial charge < -0.3 is 37.2 Å². The predicted molar refractivity (Wildman–Crippen MR) is 287 cm³/mol. The number of ether oxygens (including phenoxy) is 2. The van der Waals surface area contributed by atoms with E-state index >= 15 is 0 Å². The fourth-order valence-electron chi connectivity index (χ4n) is 10.5. The molecule has 2 atom stereocenters. The van der Waals surface area contributed by atoms with Crippen molar-refractivity contribution in [2.45, 2.75) is 184 Å². The number of benzene rings is 4. The molecule has 0 N–H and O–H groups in total. The molecule has 0 saturated carbocycles. The van der Waals surface area contributed by atoms with E-state index in [2.05, 4.69) is 167 Å². The fraction of sp³-hybridized carbons (Fsp3) is 0.586. The lowest BCUT2D eigenvalue weighted by molar-refractivity contribution is 0.00578. The first-order valence-electron chi connectivity index (χ1n) is 26.0. The predicted octanol–water partition coefficient (Wildman–Crippen LogP) is 13.9. The average molecular weight is 925 g/mol. The Bertz CT molecular complexity index is 2540. The van der Waals surface area contributed by atoms with Gasteiger partial charge in [-0.05, 0) is 127 Å². The zero-order valence-corrected chi connectivity index (χ0v) is 44.7. The van der Waals surface area contributed by atoms with Crippen molar-refractivity contribution in [3.05, 3.63) is 60.7 Å². The number of methoxy groups -OCH3 is 2. The van der Waals surface area contributed by atoms with Crippen molar-refractivity contribution in [1.82, 2.24) is 9.13 Å². The Hall–Kier alpha value is -3.95. The quantitative estimate of drug-likeness (QED) is 0.0754. The topological polar surface area (TPSA) is 65.2 Å². The van der Waals surface area contributed by atoms with Crippen LogP contribution in [0, 0.1) is 23.7 Å². The van der Waals surface area contributed by atoms with Gasteiger partial charge in [0, 0.05) is 68.9 Å². The number of aromatic nitrogens is 2. The van der Waals surface area contributed by atoms with Crippen LogP contribution in [0.1, 0.15) is 148 Å². The third kappa shape index (κ3) is 9.75. The van der Waals surface area contributed by atoms with Crippen molar-refractivity contribution in [2.24, 2.45) is 23.7 Å². The molecule has 0 amide bonds. The molecule has 366 valence electrons. The Labute approximate surface area is 409 Å². The first kappa shape index (κ1) is 50.4. The van der Waals surface area contributed by atoms with Crippen molar-refractivity contribution in [3.63, 3.8) is 0 Å². The van der Waals surface area contributed by atoms with Gasteiger partial charge in [0.25, 0.3) is 0 Å².